The molecule has 0 aromatic heterocycles. The molecule has 8 nitrogen and oxygen atoms in total. The molecule has 0 unspecified atom stereocenters. The Morgan fingerprint density at radius 2 is 0.952 bits per heavy atom. The van der Waals surface area contributed by atoms with Gasteiger partial charge in [0.2, 0.25) is 0 Å². The van der Waals surface area contributed by atoms with E-state index in [0.717, 1.165) is 0 Å². The van der Waals surface area contributed by atoms with E-state index in [0.29, 0.717) is 11.4 Å². The third kappa shape index (κ3) is 6.59. The summed E-state index contributed by atoms with van der Waals surface area (Å²) in [4.78, 5) is 19.5. The number of hydrogen-bond donors (Lipinski definition) is 2. The number of anilines is 2. The molecule has 2 aromatic carbocycles. The topological polar surface area (TPSA) is 106 Å². The average Bonchev–Trinajstić information content (AvgIpc) is 2.55. The Kier molecular flexibility index (Phi) is 9.31. The summed E-state index contributed by atoms with van der Waals surface area (Å²) < 4.78 is 0. The molecule has 0 saturated carbocycles. The van der Waals surface area contributed by atoms with Gasteiger partial charge in [-0.05, 0) is 24.3 Å². The summed E-state index contributed by atoms with van der Waals surface area (Å²) in [6.45, 7) is 0. The Balaban J connectivity index is 0.000000364. The monoisotopic (exact) mass is 339 g/mol. The van der Waals surface area contributed by atoms with Crippen molar-refractivity contribution in [2.24, 2.45) is 10.6 Å². The van der Waals surface area contributed by atoms with Crippen molar-refractivity contribution < 1.29 is 27.5 Å². The van der Waals surface area contributed by atoms with Gasteiger partial charge in [0, 0.05) is 0 Å². The van der Waals surface area contributed by atoms with Crippen LogP contribution in [0.4, 0.5) is 11.4 Å². The van der Waals surface area contributed by atoms with Crippen LogP contribution in [0.5, 0.6) is 0 Å². The summed E-state index contributed by atoms with van der Waals surface area (Å²) in [6.07, 6.45) is 0. The van der Waals surface area contributed by atoms with Gasteiger partial charge in [-0.15, -0.1) is 20.2 Å². The first kappa shape index (κ1) is 18.7. The first-order valence-corrected chi connectivity index (χ1v) is 5.43. The number of nitrogens with zero attached hydrogens (tertiary/aromatic N) is 4. The maximum Gasteiger partial charge on any atom is 2.00 e. The Labute approximate surface area is 130 Å². The van der Waals surface area contributed by atoms with Crippen molar-refractivity contribution in [3.8, 4) is 0 Å². The predicted octanol–water partition coefficient (Wildman–Crippen LogP) is 3.12. The van der Waals surface area contributed by atoms with E-state index in [2.05, 4.69) is 10.6 Å². The van der Waals surface area contributed by atoms with Crippen molar-refractivity contribution in [1.29, 1.82) is 0 Å². The fraction of sp³-hybridized carbons (Fsp3) is 0. The second kappa shape index (κ2) is 10.5. The van der Waals surface area contributed by atoms with Gasteiger partial charge in [0.1, 0.15) is 0 Å². The van der Waals surface area contributed by atoms with Crippen LogP contribution in [0.15, 0.2) is 71.2 Å². The normalized spacial score (nSPS) is 8.48. The molecule has 2 rings (SSSR count). The number of para-hydroxylation sites is 2. The van der Waals surface area contributed by atoms with Crippen LogP contribution in [-0.2, 0) is 17.1 Å². The summed E-state index contributed by atoms with van der Waals surface area (Å²) in [5, 5.41) is 22.5. The number of rotatable bonds is 4. The molecule has 9 heteroatoms. The molecule has 0 amide bonds. The van der Waals surface area contributed by atoms with Gasteiger partial charge >= 0.3 is 17.1 Å². The minimum Gasteiger partial charge on any atom is -0.265 e. The average molecular weight is 340 g/mol. The van der Waals surface area contributed by atoms with Crippen molar-refractivity contribution in [1.82, 2.24) is 0 Å². The van der Waals surface area contributed by atoms with Gasteiger partial charge in [-0.1, -0.05) is 36.4 Å². The zero-order valence-electron chi connectivity index (χ0n) is 10.6. The van der Waals surface area contributed by atoms with Gasteiger partial charge in [0.15, 0.2) is 0 Å². The zero-order valence-corrected chi connectivity index (χ0v) is 11.5. The number of hydrogen-bond acceptors (Lipinski definition) is 6. The second-order valence-corrected chi connectivity index (χ2v) is 3.41. The Morgan fingerprint density at radius 3 is 1.19 bits per heavy atom. The van der Waals surface area contributed by atoms with Crippen LogP contribution in [0.25, 0.3) is 0 Å². The van der Waals surface area contributed by atoms with Crippen LogP contribution < -0.4 is 10.3 Å². The largest absolute Gasteiger partial charge is 2.00 e. The van der Waals surface area contributed by atoms with Crippen LogP contribution in [0.2, 0.25) is 0 Å². The SMILES string of the molecule is O=NN(O)c1ccccc1.O=NN(O)c1ccccc1.[Cu+2]. The zero-order chi connectivity index (χ0) is 14.8. The molecule has 0 spiro atoms. The van der Waals surface area contributed by atoms with Crippen LogP contribution >= 0.6 is 0 Å². The Hall–Kier alpha value is -2.32. The molecule has 0 heterocycles. The fourth-order valence-corrected chi connectivity index (χ4v) is 1.22. The van der Waals surface area contributed by atoms with Crippen molar-refractivity contribution in [3.05, 3.63) is 70.5 Å². The Morgan fingerprint density at radius 1 is 0.667 bits per heavy atom. The van der Waals surface area contributed by atoms with Gasteiger partial charge < -0.3 is 0 Å². The van der Waals surface area contributed by atoms with Gasteiger partial charge in [-0.3, -0.25) is 10.4 Å². The molecule has 0 aliphatic heterocycles. The molecule has 1 radical (unpaired) electrons. The molecule has 21 heavy (non-hydrogen) atoms. The van der Waals surface area contributed by atoms with Crippen LogP contribution in [0.3, 0.4) is 0 Å². The first-order chi connectivity index (χ1) is 9.69. The van der Waals surface area contributed by atoms with E-state index in [-0.39, 0.29) is 27.4 Å². The minimum atomic E-state index is 0. The molecule has 0 fully saturated rings. The fourth-order valence-electron chi connectivity index (χ4n) is 1.22. The molecule has 0 aliphatic rings. The van der Waals surface area contributed by atoms with Gasteiger partial charge in [0.25, 0.3) is 0 Å². The summed E-state index contributed by atoms with van der Waals surface area (Å²) >= 11 is 0. The predicted molar refractivity (Wildman–Crippen MR) is 73.0 cm³/mol. The van der Waals surface area contributed by atoms with E-state index >= 15 is 0 Å². The van der Waals surface area contributed by atoms with Crippen LogP contribution in [0, 0.1) is 9.81 Å². The van der Waals surface area contributed by atoms with Crippen LogP contribution in [-0.4, -0.2) is 10.4 Å². The molecule has 113 valence electrons. The number of benzene rings is 2. The molecule has 2 N–H and O–H groups in total. The Bertz CT molecular complexity index is 480. The molecule has 2 aromatic rings. The van der Waals surface area contributed by atoms with E-state index in [1.807, 2.05) is 0 Å². The summed E-state index contributed by atoms with van der Waals surface area (Å²) in [5.41, 5.74) is 0.718. The van der Waals surface area contributed by atoms with Crippen molar-refractivity contribution in [2.75, 3.05) is 10.3 Å². The maximum atomic E-state index is 9.73. The molecule has 0 atom stereocenters. The van der Waals surface area contributed by atoms with Gasteiger partial charge in [0.05, 0.1) is 21.9 Å². The van der Waals surface area contributed by atoms with Gasteiger partial charge in [-0.25, -0.2) is 0 Å². The van der Waals surface area contributed by atoms with E-state index in [4.69, 9.17) is 10.4 Å². The van der Waals surface area contributed by atoms with Crippen molar-refractivity contribution >= 4 is 11.4 Å². The first-order valence-electron chi connectivity index (χ1n) is 5.43. The van der Waals surface area contributed by atoms with E-state index < -0.39 is 0 Å². The summed E-state index contributed by atoms with van der Waals surface area (Å²) in [7, 11) is 0. The molecular weight excluding hydrogens is 328 g/mol. The smallest absolute Gasteiger partial charge is 0.265 e. The van der Waals surface area contributed by atoms with Crippen molar-refractivity contribution in [2.45, 2.75) is 0 Å². The third-order valence-electron chi connectivity index (χ3n) is 2.13. The molecular formula is C12H12CuN4O4+2. The maximum absolute atomic E-state index is 9.73. The van der Waals surface area contributed by atoms with Crippen LogP contribution in [0.1, 0.15) is 0 Å². The standard InChI is InChI=1S/2C6H6N2O2.Cu/c2*9-7-8(10)6-4-2-1-3-5-6;/h2*1-5,10H;/q;;+2. The summed E-state index contributed by atoms with van der Waals surface area (Å²) in [6, 6.07) is 16.6. The van der Waals surface area contributed by atoms with E-state index in [1.165, 1.54) is 0 Å². The molecule has 0 aliphatic carbocycles. The van der Waals surface area contributed by atoms with E-state index in [9.17, 15) is 9.81 Å². The third-order valence-corrected chi connectivity index (χ3v) is 2.13. The van der Waals surface area contributed by atoms with Crippen molar-refractivity contribution in [3.63, 3.8) is 0 Å². The molecule has 0 saturated heterocycles. The minimum absolute atomic E-state index is 0. The second-order valence-electron chi connectivity index (χ2n) is 3.41. The van der Waals surface area contributed by atoms with Gasteiger partial charge in [-0.2, -0.15) is 0 Å². The molecule has 0 bridgehead atoms. The summed E-state index contributed by atoms with van der Waals surface area (Å²) in [5.74, 6) is 0. The van der Waals surface area contributed by atoms with E-state index in [1.54, 1.807) is 60.7 Å². The quantitative estimate of drug-likeness (QED) is 0.503. The number of nitroso groups, excluding NO2 is 2.